The van der Waals surface area contributed by atoms with Gasteiger partial charge in [0.25, 0.3) is 0 Å². The maximum absolute atomic E-state index is 12.3. The molecule has 24 heavy (non-hydrogen) atoms. The Hall–Kier alpha value is -1.84. The predicted molar refractivity (Wildman–Crippen MR) is 97.2 cm³/mol. The summed E-state index contributed by atoms with van der Waals surface area (Å²) in [5.41, 5.74) is 0.650. The van der Waals surface area contributed by atoms with E-state index in [0.29, 0.717) is 29.7 Å². The van der Waals surface area contributed by atoms with Gasteiger partial charge < -0.3 is 20.1 Å². The van der Waals surface area contributed by atoms with E-state index in [9.17, 15) is 4.79 Å². The third-order valence-corrected chi connectivity index (χ3v) is 5.07. The number of hydrogen-bond acceptors (Lipinski definition) is 8. The summed E-state index contributed by atoms with van der Waals surface area (Å²) >= 11 is 2.78. The van der Waals surface area contributed by atoms with Crippen LogP contribution in [0.2, 0.25) is 0 Å². The highest BCUT2D eigenvalue weighted by Crippen LogP contribution is 2.30. The molecule has 0 aliphatic rings. The Morgan fingerprint density at radius 1 is 1.33 bits per heavy atom. The van der Waals surface area contributed by atoms with Crippen LogP contribution in [0.3, 0.4) is 0 Å². The fourth-order valence-electron chi connectivity index (χ4n) is 1.78. The van der Waals surface area contributed by atoms with Gasteiger partial charge in [-0.25, -0.2) is 0 Å². The standard InChI is InChI=1S/C15H20N4O3S2/c1-10(13(20)17-11-6-4-5-7-12(11)22-3)23-15-19-18-14(24-15)16-8-9-21-2/h4-7,10H,8-9H2,1-3H3,(H,16,18)(H,17,20)/t10-/m1/s1. The van der Waals surface area contributed by atoms with Gasteiger partial charge in [-0.1, -0.05) is 35.2 Å². The summed E-state index contributed by atoms with van der Waals surface area (Å²) in [6.07, 6.45) is 0. The SMILES string of the molecule is COCCNc1nnc(S[C@H](C)C(=O)Nc2ccccc2OC)s1. The van der Waals surface area contributed by atoms with E-state index >= 15 is 0 Å². The molecule has 0 spiro atoms. The zero-order chi connectivity index (χ0) is 17.4. The van der Waals surface area contributed by atoms with Crippen molar-refractivity contribution in [1.29, 1.82) is 0 Å². The highest BCUT2D eigenvalue weighted by molar-refractivity contribution is 8.02. The van der Waals surface area contributed by atoms with Crippen LogP contribution in [-0.2, 0) is 9.53 Å². The van der Waals surface area contributed by atoms with E-state index in [1.165, 1.54) is 23.1 Å². The number of rotatable bonds is 9. The van der Waals surface area contributed by atoms with Gasteiger partial charge in [0.15, 0.2) is 4.34 Å². The lowest BCUT2D eigenvalue weighted by Crippen LogP contribution is -2.22. The molecule has 1 heterocycles. The number of carbonyl (C=O) groups excluding carboxylic acids is 1. The molecule has 7 nitrogen and oxygen atoms in total. The lowest BCUT2D eigenvalue weighted by molar-refractivity contribution is -0.115. The van der Waals surface area contributed by atoms with Gasteiger partial charge >= 0.3 is 0 Å². The van der Waals surface area contributed by atoms with Gasteiger partial charge in [0.1, 0.15) is 5.75 Å². The van der Waals surface area contributed by atoms with Crippen LogP contribution < -0.4 is 15.4 Å². The molecule has 1 amide bonds. The van der Waals surface area contributed by atoms with Crippen LogP contribution in [0.5, 0.6) is 5.75 Å². The molecule has 1 aromatic carbocycles. The number of thioether (sulfide) groups is 1. The number of anilines is 2. The first-order chi connectivity index (χ1) is 11.6. The summed E-state index contributed by atoms with van der Waals surface area (Å²) in [7, 11) is 3.22. The molecule has 130 valence electrons. The van der Waals surface area contributed by atoms with Crippen molar-refractivity contribution in [2.24, 2.45) is 0 Å². The number of para-hydroxylation sites is 2. The summed E-state index contributed by atoms with van der Waals surface area (Å²) < 4.78 is 10.9. The molecule has 1 atom stereocenters. The minimum Gasteiger partial charge on any atom is -0.495 e. The van der Waals surface area contributed by atoms with Crippen molar-refractivity contribution in [3.8, 4) is 5.75 Å². The average Bonchev–Trinajstić information content (AvgIpc) is 3.03. The number of methoxy groups -OCH3 is 2. The van der Waals surface area contributed by atoms with Crippen LogP contribution in [0.1, 0.15) is 6.92 Å². The molecule has 2 N–H and O–H groups in total. The van der Waals surface area contributed by atoms with E-state index in [1.807, 2.05) is 19.1 Å². The Balaban J connectivity index is 1.89. The van der Waals surface area contributed by atoms with Crippen molar-refractivity contribution in [1.82, 2.24) is 10.2 Å². The Labute approximate surface area is 149 Å². The van der Waals surface area contributed by atoms with E-state index in [0.717, 1.165) is 4.34 Å². The summed E-state index contributed by atoms with van der Waals surface area (Å²) in [4.78, 5) is 12.3. The van der Waals surface area contributed by atoms with Crippen molar-refractivity contribution >= 4 is 39.8 Å². The molecule has 1 aromatic heterocycles. The van der Waals surface area contributed by atoms with Crippen LogP contribution in [0.25, 0.3) is 0 Å². The number of benzene rings is 1. The number of ether oxygens (including phenoxy) is 2. The second-order valence-corrected chi connectivity index (χ2v) is 7.31. The van der Waals surface area contributed by atoms with Gasteiger partial charge in [-0.05, 0) is 19.1 Å². The monoisotopic (exact) mass is 368 g/mol. The van der Waals surface area contributed by atoms with Gasteiger partial charge in [-0.15, -0.1) is 10.2 Å². The second kappa shape index (κ2) is 9.45. The average molecular weight is 368 g/mol. The maximum atomic E-state index is 12.3. The molecule has 0 saturated heterocycles. The smallest absolute Gasteiger partial charge is 0.237 e. The zero-order valence-corrected chi connectivity index (χ0v) is 15.4. The van der Waals surface area contributed by atoms with Crippen molar-refractivity contribution in [3.63, 3.8) is 0 Å². The number of nitrogens with one attached hydrogen (secondary N) is 2. The molecule has 2 aromatic rings. The quantitative estimate of drug-likeness (QED) is 0.520. The lowest BCUT2D eigenvalue weighted by atomic mass is 10.3. The van der Waals surface area contributed by atoms with Crippen LogP contribution in [0, 0.1) is 0 Å². The maximum Gasteiger partial charge on any atom is 0.237 e. The van der Waals surface area contributed by atoms with Crippen LogP contribution in [-0.4, -0.2) is 48.7 Å². The molecule has 0 aliphatic carbocycles. The molecular formula is C15H20N4O3S2. The third kappa shape index (κ3) is 5.36. The Bertz CT molecular complexity index is 666. The van der Waals surface area contributed by atoms with E-state index in [1.54, 1.807) is 26.4 Å². The number of aromatic nitrogens is 2. The van der Waals surface area contributed by atoms with Gasteiger partial charge in [0.05, 0.1) is 24.7 Å². The first kappa shape index (κ1) is 18.5. The van der Waals surface area contributed by atoms with Crippen LogP contribution in [0.4, 0.5) is 10.8 Å². The zero-order valence-electron chi connectivity index (χ0n) is 13.7. The minimum atomic E-state index is -0.310. The molecular weight excluding hydrogens is 348 g/mol. The number of carbonyl (C=O) groups is 1. The predicted octanol–water partition coefficient (Wildman–Crippen LogP) is 2.72. The van der Waals surface area contributed by atoms with Crippen molar-refractivity contribution in [3.05, 3.63) is 24.3 Å². The molecule has 0 fully saturated rings. The molecule has 0 saturated carbocycles. The Morgan fingerprint density at radius 3 is 2.88 bits per heavy atom. The molecule has 0 unspecified atom stereocenters. The molecule has 9 heteroatoms. The lowest BCUT2D eigenvalue weighted by Gasteiger charge is -2.12. The number of hydrogen-bond donors (Lipinski definition) is 2. The summed E-state index contributed by atoms with van der Waals surface area (Å²) in [6.45, 7) is 3.09. The third-order valence-electron chi connectivity index (χ3n) is 3.00. The molecule has 2 rings (SSSR count). The summed E-state index contributed by atoms with van der Waals surface area (Å²) in [5.74, 6) is 0.511. The van der Waals surface area contributed by atoms with Crippen molar-refractivity contribution < 1.29 is 14.3 Å². The minimum absolute atomic E-state index is 0.117. The van der Waals surface area contributed by atoms with E-state index < -0.39 is 0 Å². The van der Waals surface area contributed by atoms with E-state index in [4.69, 9.17) is 9.47 Å². The van der Waals surface area contributed by atoms with Crippen LogP contribution >= 0.6 is 23.1 Å². The molecule has 0 aliphatic heterocycles. The Kier molecular flexibility index (Phi) is 7.29. The second-order valence-electron chi connectivity index (χ2n) is 4.74. The highest BCUT2D eigenvalue weighted by atomic mass is 32.2. The van der Waals surface area contributed by atoms with Crippen molar-refractivity contribution in [2.45, 2.75) is 16.5 Å². The van der Waals surface area contributed by atoms with E-state index in [2.05, 4.69) is 20.8 Å². The van der Waals surface area contributed by atoms with Crippen LogP contribution in [0.15, 0.2) is 28.6 Å². The first-order valence-corrected chi connectivity index (χ1v) is 9.00. The topological polar surface area (TPSA) is 85.4 Å². The molecule has 0 radical (unpaired) electrons. The van der Waals surface area contributed by atoms with E-state index in [-0.39, 0.29) is 11.2 Å². The summed E-state index contributed by atoms with van der Waals surface area (Å²) in [6, 6.07) is 7.30. The van der Waals surface area contributed by atoms with Crippen molar-refractivity contribution in [2.75, 3.05) is 38.0 Å². The van der Waals surface area contributed by atoms with Gasteiger partial charge in [0.2, 0.25) is 11.0 Å². The first-order valence-electron chi connectivity index (χ1n) is 7.31. The molecule has 0 bridgehead atoms. The fraction of sp³-hybridized carbons (Fsp3) is 0.400. The number of amides is 1. The Morgan fingerprint density at radius 2 is 2.12 bits per heavy atom. The van der Waals surface area contributed by atoms with Gasteiger partial charge in [-0.3, -0.25) is 4.79 Å². The largest absolute Gasteiger partial charge is 0.495 e. The summed E-state index contributed by atoms with van der Waals surface area (Å²) in [5, 5.41) is 14.5. The highest BCUT2D eigenvalue weighted by Gasteiger charge is 2.18. The van der Waals surface area contributed by atoms with Gasteiger partial charge in [0, 0.05) is 13.7 Å². The number of nitrogens with zero attached hydrogens (tertiary/aromatic N) is 2. The van der Waals surface area contributed by atoms with Gasteiger partial charge in [-0.2, -0.15) is 0 Å². The fourth-order valence-corrected chi connectivity index (χ4v) is 3.70. The normalized spacial score (nSPS) is 11.8.